The van der Waals surface area contributed by atoms with Gasteiger partial charge in [-0.1, -0.05) is 87.5 Å². The van der Waals surface area contributed by atoms with Crippen molar-refractivity contribution in [1.29, 1.82) is 0 Å². The smallest absolute Gasteiger partial charge is 0.267 e. The van der Waals surface area contributed by atoms with Crippen LogP contribution in [0.4, 0.5) is 0 Å². The molecule has 5 rings (SSSR count). The highest BCUT2D eigenvalue weighted by Gasteiger charge is 2.34. The predicted molar refractivity (Wildman–Crippen MR) is 136 cm³/mol. The molecule has 0 saturated heterocycles. The van der Waals surface area contributed by atoms with E-state index in [1.54, 1.807) is 10.8 Å². The number of aromatic nitrogens is 2. The summed E-state index contributed by atoms with van der Waals surface area (Å²) >= 11 is 0. The second-order valence-corrected chi connectivity index (χ2v) is 9.53. The Hall–Kier alpha value is -3.46. The lowest BCUT2D eigenvalue weighted by atomic mass is 9.75. The van der Waals surface area contributed by atoms with E-state index in [1.165, 1.54) is 16.3 Å². The number of hydrogen-bond acceptors (Lipinski definition) is 2. The minimum absolute atomic E-state index is 0.105. The van der Waals surface area contributed by atoms with E-state index in [4.69, 9.17) is 5.10 Å². The van der Waals surface area contributed by atoms with Gasteiger partial charge in [0.05, 0.1) is 11.4 Å². The van der Waals surface area contributed by atoms with E-state index in [9.17, 15) is 4.79 Å². The number of fused-ring (bicyclic) bond motifs is 2. The second-order valence-electron chi connectivity index (χ2n) is 9.53. The zero-order valence-electron chi connectivity index (χ0n) is 19.5. The lowest BCUT2D eigenvalue weighted by Crippen LogP contribution is -2.17. The van der Waals surface area contributed by atoms with Crippen molar-refractivity contribution < 1.29 is 4.79 Å². The summed E-state index contributed by atoms with van der Waals surface area (Å²) in [5, 5.41) is 7.36. The summed E-state index contributed by atoms with van der Waals surface area (Å²) in [7, 11) is 0. The molecule has 1 aromatic heterocycles. The Bertz CT molecular complexity index is 1330. The third-order valence-electron chi connectivity index (χ3n) is 6.96. The zero-order chi connectivity index (χ0) is 22.9. The van der Waals surface area contributed by atoms with E-state index in [0.717, 1.165) is 35.4 Å². The molecule has 3 nitrogen and oxygen atoms in total. The van der Waals surface area contributed by atoms with Crippen molar-refractivity contribution in [3.8, 4) is 11.3 Å². The fourth-order valence-corrected chi connectivity index (χ4v) is 5.14. The first-order chi connectivity index (χ1) is 16.0. The Balaban J connectivity index is 1.68. The van der Waals surface area contributed by atoms with Crippen LogP contribution in [-0.2, 0) is 0 Å². The van der Waals surface area contributed by atoms with Crippen molar-refractivity contribution >= 4 is 22.8 Å². The van der Waals surface area contributed by atoms with Crippen LogP contribution in [-0.4, -0.2) is 15.7 Å². The van der Waals surface area contributed by atoms with Crippen molar-refractivity contribution in [2.75, 3.05) is 0 Å². The van der Waals surface area contributed by atoms with E-state index >= 15 is 0 Å². The Labute approximate surface area is 195 Å². The highest BCUT2D eigenvalue weighted by Crippen LogP contribution is 2.46. The molecule has 3 heteroatoms. The number of carbonyl (C=O) groups excluding carboxylic acids is 1. The van der Waals surface area contributed by atoms with Crippen LogP contribution < -0.4 is 0 Å². The number of carbonyl (C=O) groups is 1. The molecule has 1 aliphatic rings. The zero-order valence-corrected chi connectivity index (χ0v) is 19.5. The van der Waals surface area contributed by atoms with Gasteiger partial charge >= 0.3 is 0 Å². The largest absolute Gasteiger partial charge is 0.271 e. The molecule has 0 amide bonds. The van der Waals surface area contributed by atoms with Gasteiger partial charge in [0.1, 0.15) is 0 Å². The molecule has 4 aromatic rings. The highest BCUT2D eigenvalue weighted by atomic mass is 16.2. The standard InChI is InChI=1S/C30H30N2O/c1-20(2)26-17-13-21(3)28-29(26)31-32(27(33)18-14-22-9-5-4-6-10-22)30(28)25-16-15-23-11-7-8-12-24(23)19-25/h4-12,14-16,18-21,26H,13,17H2,1-3H3/b18-14+/t21-,26-/m0/s1. The maximum Gasteiger partial charge on any atom is 0.271 e. The molecule has 1 aliphatic carbocycles. The first kappa shape index (κ1) is 21.4. The summed E-state index contributed by atoms with van der Waals surface area (Å²) in [5.41, 5.74) is 5.37. The first-order valence-corrected chi connectivity index (χ1v) is 11.9. The molecule has 0 unspecified atom stereocenters. The van der Waals surface area contributed by atoms with E-state index in [1.807, 2.05) is 36.4 Å². The quantitative estimate of drug-likeness (QED) is 0.309. The fraction of sp³-hybridized carbons (Fsp3) is 0.267. The van der Waals surface area contributed by atoms with Crippen LogP contribution in [0.15, 0.2) is 78.9 Å². The Morgan fingerprint density at radius 3 is 2.45 bits per heavy atom. The molecule has 3 aromatic carbocycles. The average Bonchev–Trinajstić information content (AvgIpc) is 3.24. The summed E-state index contributed by atoms with van der Waals surface area (Å²) in [4.78, 5) is 13.5. The van der Waals surface area contributed by atoms with Gasteiger partial charge in [0.25, 0.3) is 5.91 Å². The first-order valence-electron chi connectivity index (χ1n) is 11.9. The predicted octanol–water partition coefficient (Wildman–Crippen LogP) is 7.69. The molecule has 166 valence electrons. The SMILES string of the molecule is CC(C)[C@@H]1CC[C@H](C)c2c1nn(C(=O)/C=C/c1ccccc1)c2-c1ccc2ccccc2c1. The fourth-order valence-electron chi connectivity index (χ4n) is 5.14. The molecular formula is C30H30N2O. The van der Waals surface area contributed by atoms with E-state index in [0.29, 0.717) is 17.8 Å². The van der Waals surface area contributed by atoms with Gasteiger partial charge < -0.3 is 0 Å². The Morgan fingerprint density at radius 2 is 1.70 bits per heavy atom. The number of nitrogens with zero attached hydrogens (tertiary/aromatic N) is 2. The minimum Gasteiger partial charge on any atom is -0.267 e. The number of hydrogen-bond donors (Lipinski definition) is 0. The maximum atomic E-state index is 13.5. The molecule has 33 heavy (non-hydrogen) atoms. The van der Waals surface area contributed by atoms with Gasteiger partial charge in [-0.25, -0.2) is 0 Å². The number of benzene rings is 3. The molecular weight excluding hydrogens is 404 g/mol. The topological polar surface area (TPSA) is 34.9 Å². The molecule has 0 spiro atoms. The van der Waals surface area contributed by atoms with Crippen molar-refractivity contribution in [2.24, 2.45) is 5.92 Å². The van der Waals surface area contributed by atoms with Crippen LogP contribution in [0.5, 0.6) is 0 Å². The van der Waals surface area contributed by atoms with Gasteiger partial charge in [0.2, 0.25) is 0 Å². The lowest BCUT2D eigenvalue weighted by molar-refractivity contribution is 0.0956. The molecule has 2 atom stereocenters. The van der Waals surface area contributed by atoms with Crippen LogP contribution >= 0.6 is 0 Å². The summed E-state index contributed by atoms with van der Waals surface area (Å²) in [6.45, 7) is 6.79. The number of rotatable bonds is 4. The number of allylic oxidation sites excluding steroid dienone is 1. The molecule has 0 saturated carbocycles. The summed E-state index contributed by atoms with van der Waals surface area (Å²) < 4.78 is 1.66. The van der Waals surface area contributed by atoms with Gasteiger partial charge in [0.15, 0.2) is 0 Å². The van der Waals surface area contributed by atoms with Gasteiger partial charge in [-0.15, -0.1) is 0 Å². The molecule has 1 heterocycles. The lowest BCUT2D eigenvalue weighted by Gasteiger charge is -2.29. The molecule has 0 radical (unpaired) electrons. The molecule has 0 N–H and O–H groups in total. The average molecular weight is 435 g/mol. The third kappa shape index (κ3) is 4.04. The van der Waals surface area contributed by atoms with Crippen LogP contribution in [0.3, 0.4) is 0 Å². The highest BCUT2D eigenvalue weighted by molar-refractivity contribution is 5.97. The van der Waals surface area contributed by atoms with Crippen molar-refractivity contribution in [2.45, 2.75) is 45.4 Å². The van der Waals surface area contributed by atoms with Crippen molar-refractivity contribution in [1.82, 2.24) is 9.78 Å². The van der Waals surface area contributed by atoms with Gasteiger partial charge in [-0.2, -0.15) is 9.78 Å². The van der Waals surface area contributed by atoms with E-state index < -0.39 is 0 Å². The normalized spacial score (nSPS) is 18.2. The molecule has 0 aliphatic heterocycles. The third-order valence-corrected chi connectivity index (χ3v) is 6.96. The monoisotopic (exact) mass is 434 g/mol. The van der Waals surface area contributed by atoms with Gasteiger partial charge in [-0.3, -0.25) is 4.79 Å². The van der Waals surface area contributed by atoms with Gasteiger partial charge in [0, 0.05) is 23.1 Å². The van der Waals surface area contributed by atoms with Crippen LogP contribution in [0.2, 0.25) is 0 Å². The summed E-state index contributed by atoms with van der Waals surface area (Å²) in [6, 6.07) is 24.8. The Kier molecular flexibility index (Phi) is 5.72. The second kappa shape index (κ2) is 8.82. The van der Waals surface area contributed by atoms with Crippen LogP contribution in [0.25, 0.3) is 28.1 Å². The van der Waals surface area contributed by atoms with Crippen LogP contribution in [0.1, 0.15) is 67.1 Å². The Morgan fingerprint density at radius 1 is 0.970 bits per heavy atom. The van der Waals surface area contributed by atoms with Crippen molar-refractivity contribution in [3.05, 3.63) is 95.7 Å². The van der Waals surface area contributed by atoms with E-state index in [2.05, 4.69) is 63.2 Å². The van der Waals surface area contributed by atoms with Crippen LogP contribution in [0, 0.1) is 5.92 Å². The molecule has 0 fully saturated rings. The van der Waals surface area contributed by atoms with Gasteiger partial charge in [-0.05, 0) is 53.2 Å². The minimum atomic E-state index is -0.105. The van der Waals surface area contributed by atoms with Crippen molar-refractivity contribution in [3.63, 3.8) is 0 Å². The summed E-state index contributed by atoms with van der Waals surface area (Å²) in [6.07, 6.45) is 5.76. The maximum absolute atomic E-state index is 13.5. The van der Waals surface area contributed by atoms with E-state index in [-0.39, 0.29) is 5.91 Å². The summed E-state index contributed by atoms with van der Waals surface area (Å²) in [5.74, 6) is 1.13. The molecule has 0 bridgehead atoms.